The Balaban J connectivity index is 1.55. The quantitative estimate of drug-likeness (QED) is 0.286. The molecule has 0 aromatic heterocycles. The molecule has 0 radical (unpaired) electrons. The van der Waals surface area contributed by atoms with Gasteiger partial charge in [0.2, 0.25) is 20.0 Å². The van der Waals surface area contributed by atoms with Gasteiger partial charge in [0.1, 0.15) is 0 Å². The summed E-state index contributed by atoms with van der Waals surface area (Å²) in [7, 11) is -7.38. The summed E-state index contributed by atoms with van der Waals surface area (Å²) in [6, 6.07) is 23.3. The molecule has 0 aliphatic carbocycles. The van der Waals surface area contributed by atoms with E-state index in [0.717, 1.165) is 16.7 Å². The highest BCUT2D eigenvalue weighted by molar-refractivity contribution is 7.89. The summed E-state index contributed by atoms with van der Waals surface area (Å²) in [6.45, 7) is 8.85. The summed E-state index contributed by atoms with van der Waals surface area (Å²) in [5.41, 5.74) is 2.88. The topological polar surface area (TPSA) is 74.8 Å². The molecule has 1 aliphatic heterocycles. The van der Waals surface area contributed by atoms with Crippen molar-refractivity contribution in [2.75, 3.05) is 19.6 Å². The van der Waals surface area contributed by atoms with Gasteiger partial charge in [-0.25, -0.2) is 16.8 Å². The van der Waals surface area contributed by atoms with Crippen LogP contribution in [0, 0.1) is 25.7 Å². The van der Waals surface area contributed by atoms with Gasteiger partial charge in [-0.3, -0.25) is 0 Å². The molecule has 0 bridgehead atoms. The number of benzene rings is 3. The van der Waals surface area contributed by atoms with Gasteiger partial charge < -0.3 is 0 Å². The SMILES string of the molecule is C=CC[C@@H]1CN(S(=O)(=O)c2ccc(C)cc2)C[C@H]1/C=C/CN(Cc1ccccc1)S(=O)(=O)c1ccc(C)cc1. The van der Waals surface area contributed by atoms with Crippen molar-refractivity contribution < 1.29 is 16.8 Å². The smallest absolute Gasteiger partial charge is 0.207 e. The maximum absolute atomic E-state index is 13.6. The maximum Gasteiger partial charge on any atom is 0.243 e. The molecule has 1 fully saturated rings. The van der Waals surface area contributed by atoms with E-state index in [9.17, 15) is 16.8 Å². The van der Waals surface area contributed by atoms with Crippen LogP contribution >= 0.6 is 0 Å². The van der Waals surface area contributed by atoms with Crippen LogP contribution in [-0.4, -0.2) is 45.1 Å². The summed E-state index contributed by atoms with van der Waals surface area (Å²) in [4.78, 5) is 0.534. The average molecular weight is 565 g/mol. The fourth-order valence-electron chi connectivity index (χ4n) is 4.84. The van der Waals surface area contributed by atoms with E-state index in [1.165, 1.54) is 8.61 Å². The third-order valence-corrected chi connectivity index (χ3v) is 10.8. The first-order valence-electron chi connectivity index (χ1n) is 13.1. The maximum atomic E-state index is 13.6. The Morgan fingerprint density at radius 1 is 0.846 bits per heavy atom. The van der Waals surface area contributed by atoms with Crippen molar-refractivity contribution in [2.45, 2.75) is 36.6 Å². The zero-order valence-corrected chi connectivity index (χ0v) is 24.1. The van der Waals surface area contributed by atoms with Crippen LogP contribution in [0.25, 0.3) is 0 Å². The normalized spacial score (nSPS) is 18.6. The Hall–Kier alpha value is -3.04. The van der Waals surface area contributed by atoms with Crippen LogP contribution in [0.5, 0.6) is 0 Å². The highest BCUT2D eigenvalue weighted by Gasteiger charge is 2.37. The first-order chi connectivity index (χ1) is 18.6. The summed E-state index contributed by atoms with van der Waals surface area (Å²) in [5.74, 6) is 0.0131. The molecule has 0 amide bonds. The Bertz CT molecular complexity index is 1500. The van der Waals surface area contributed by atoms with Crippen molar-refractivity contribution in [3.8, 4) is 0 Å². The van der Waals surface area contributed by atoms with Gasteiger partial charge in [-0.2, -0.15) is 8.61 Å². The van der Waals surface area contributed by atoms with Gasteiger partial charge in [0.15, 0.2) is 0 Å². The van der Waals surface area contributed by atoms with Gasteiger partial charge in [0.05, 0.1) is 9.79 Å². The van der Waals surface area contributed by atoms with Gasteiger partial charge in [-0.05, 0) is 61.9 Å². The third kappa shape index (κ3) is 6.94. The molecule has 0 spiro atoms. The summed E-state index contributed by atoms with van der Waals surface area (Å²) in [5, 5.41) is 0. The zero-order chi connectivity index (χ0) is 28.0. The standard InChI is InChI=1S/C31H36N2O4S2/c1-4-9-28-23-33(39(36,37)31-19-15-26(3)16-20-31)24-29(28)12-8-21-32(22-27-10-6-5-7-11-27)38(34,35)30-17-13-25(2)14-18-30/h4-8,10-20,28-29H,1,9,21-24H2,2-3H3/b12-8+/t28-,29-/m1/s1. The average Bonchev–Trinajstić information content (AvgIpc) is 3.33. The molecule has 2 atom stereocenters. The lowest BCUT2D eigenvalue weighted by atomic mass is 9.92. The molecule has 1 saturated heterocycles. The van der Waals surface area contributed by atoms with E-state index in [-0.39, 0.29) is 34.7 Å². The predicted octanol–water partition coefficient (Wildman–Crippen LogP) is 5.56. The predicted molar refractivity (Wildman–Crippen MR) is 156 cm³/mol. The van der Waals surface area contributed by atoms with E-state index in [1.807, 2.05) is 62.4 Å². The Morgan fingerprint density at radius 3 is 2.03 bits per heavy atom. The second-order valence-electron chi connectivity index (χ2n) is 10.1. The summed E-state index contributed by atoms with van der Waals surface area (Å²) < 4.78 is 56.8. The minimum Gasteiger partial charge on any atom is -0.207 e. The number of sulfonamides is 2. The third-order valence-electron chi connectivity index (χ3n) is 7.14. The molecule has 0 N–H and O–H groups in total. The monoisotopic (exact) mass is 564 g/mol. The summed E-state index contributed by atoms with van der Waals surface area (Å²) in [6.07, 6.45) is 6.32. The van der Waals surface area contributed by atoms with Gasteiger partial charge >= 0.3 is 0 Å². The molecule has 39 heavy (non-hydrogen) atoms. The number of hydrogen-bond acceptors (Lipinski definition) is 4. The molecule has 0 unspecified atom stereocenters. The molecule has 6 nitrogen and oxygen atoms in total. The number of hydrogen-bond donors (Lipinski definition) is 0. The van der Waals surface area contributed by atoms with E-state index in [1.54, 1.807) is 48.5 Å². The van der Waals surface area contributed by atoms with Crippen LogP contribution in [0.15, 0.2) is 113 Å². The highest BCUT2D eigenvalue weighted by Crippen LogP contribution is 2.32. The first kappa shape index (κ1) is 29.0. The molecule has 206 valence electrons. The molecular weight excluding hydrogens is 528 g/mol. The van der Waals surface area contributed by atoms with E-state index in [2.05, 4.69) is 6.58 Å². The van der Waals surface area contributed by atoms with E-state index in [4.69, 9.17) is 0 Å². The lowest BCUT2D eigenvalue weighted by Gasteiger charge is -2.21. The number of rotatable bonds is 11. The zero-order valence-electron chi connectivity index (χ0n) is 22.5. The molecule has 3 aromatic rings. The largest absolute Gasteiger partial charge is 0.243 e. The van der Waals surface area contributed by atoms with Gasteiger partial charge in [-0.15, -0.1) is 6.58 Å². The number of aryl methyl sites for hydroxylation is 2. The van der Waals surface area contributed by atoms with Crippen molar-refractivity contribution in [2.24, 2.45) is 11.8 Å². The van der Waals surface area contributed by atoms with Crippen molar-refractivity contribution in [1.29, 1.82) is 0 Å². The lowest BCUT2D eigenvalue weighted by Crippen LogP contribution is -2.31. The van der Waals surface area contributed by atoms with Crippen molar-refractivity contribution in [1.82, 2.24) is 8.61 Å². The second kappa shape index (κ2) is 12.4. The fourth-order valence-corrected chi connectivity index (χ4v) is 7.75. The van der Waals surface area contributed by atoms with Gasteiger partial charge in [0.25, 0.3) is 0 Å². The molecule has 8 heteroatoms. The molecule has 1 aliphatic rings. The Morgan fingerprint density at radius 2 is 1.44 bits per heavy atom. The van der Waals surface area contributed by atoms with E-state index >= 15 is 0 Å². The van der Waals surface area contributed by atoms with Crippen LogP contribution in [0.2, 0.25) is 0 Å². The molecular formula is C31H36N2O4S2. The minimum absolute atomic E-state index is 0.0520. The highest BCUT2D eigenvalue weighted by atomic mass is 32.2. The second-order valence-corrected chi connectivity index (χ2v) is 14.0. The van der Waals surface area contributed by atoms with Crippen LogP contribution in [0.1, 0.15) is 23.1 Å². The minimum atomic E-state index is -3.75. The van der Waals surface area contributed by atoms with Crippen LogP contribution in [-0.2, 0) is 26.6 Å². The molecule has 3 aromatic carbocycles. The Kier molecular flexibility index (Phi) is 9.23. The lowest BCUT2D eigenvalue weighted by molar-refractivity contribution is 0.435. The molecule has 0 saturated carbocycles. The van der Waals surface area contributed by atoms with E-state index < -0.39 is 20.0 Å². The van der Waals surface area contributed by atoms with Crippen LogP contribution in [0.3, 0.4) is 0 Å². The molecule has 4 rings (SSSR count). The fraction of sp³-hybridized carbons (Fsp3) is 0.290. The Labute approximate surface area is 233 Å². The first-order valence-corrected chi connectivity index (χ1v) is 15.9. The molecule has 1 heterocycles. The van der Waals surface area contributed by atoms with Crippen molar-refractivity contribution in [3.05, 3.63) is 120 Å². The van der Waals surface area contributed by atoms with Gasteiger partial charge in [0, 0.05) is 26.2 Å². The van der Waals surface area contributed by atoms with Crippen LogP contribution < -0.4 is 0 Å². The van der Waals surface area contributed by atoms with Crippen LogP contribution in [0.4, 0.5) is 0 Å². The number of nitrogens with zero attached hydrogens (tertiary/aromatic N) is 2. The van der Waals surface area contributed by atoms with Gasteiger partial charge in [-0.1, -0.05) is 84.0 Å². The summed E-state index contributed by atoms with van der Waals surface area (Å²) >= 11 is 0. The van der Waals surface area contributed by atoms with Crippen molar-refractivity contribution >= 4 is 20.0 Å². The number of allylic oxidation sites excluding steroid dienone is 1. The van der Waals surface area contributed by atoms with Crippen molar-refractivity contribution in [3.63, 3.8) is 0 Å². The van der Waals surface area contributed by atoms with E-state index in [0.29, 0.717) is 19.5 Å².